The van der Waals surface area contributed by atoms with E-state index < -0.39 is 0 Å². The Hall–Kier alpha value is -0.830. The summed E-state index contributed by atoms with van der Waals surface area (Å²) in [4.78, 5) is 7.89. The van der Waals surface area contributed by atoms with E-state index in [9.17, 15) is 0 Å². The molecular formula is C17H27N3. The molecule has 4 saturated carbocycles. The molecule has 3 heteroatoms. The van der Waals surface area contributed by atoms with Crippen LogP contribution in [-0.4, -0.2) is 9.97 Å². The zero-order valence-corrected chi connectivity index (χ0v) is 12.5. The number of nitrogens with zero attached hydrogens (tertiary/aromatic N) is 1. The Labute approximate surface area is 121 Å². The van der Waals surface area contributed by atoms with Crippen LogP contribution in [-0.2, 0) is 6.42 Å². The lowest BCUT2D eigenvalue weighted by Crippen LogP contribution is -2.45. The molecule has 0 radical (unpaired) electrons. The van der Waals surface area contributed by atoms with Gasteiger partial charge in [-0.2, -0.15) is 0 Å². The van der Waals surface area contributed by atoms with Crippen molar-refractivity contribution in [3.8, 4) is 0 Å². The first-order valence-corrected chi connectivity index (χ1v) is 8.52. The molecule has 0 aliphatic heterocycles. The van der Waals surface area contributed by atoms with Crippen molar-refractivity contribution < 1.29 is 0 Å². The molecule has 1 heterocycles. The quantitative estimate of drug-likeness (QED) is 0.883. The molecule has 0 spiro atoms. The maximum absolute atomic E-state index is 6.45. The summed E-state index contributed by atoms with van der Waals surface area (Å²) in [6, 6.07) is 0.109. The summed E-state index contributed by atoms with van der Waals surface area (Å²) in [6.07, 6.45) is 11.6. The number of aromatic nitrogens is 2. The molecule has 4 aliphatic rings. The molecule has 0 aromatic carbocycles. The van der Waals surface area contributed by atoms with Crippen LogP contribution in [0.1, 0.15) is 63.0 Å². The molecule has 4 aliphatic carbocycles. The summed E-state index contributed by atoms with van der Waals surface area (Å²) < 4.78 is 0. The van der Waals surface area contributed by atoms with E-state index in [4.69, 9.17) is 5.73 Å². The van der Waals surface area contributed by atoms with Crippen LogP contribution in [0, 0.1) is 29.6 Å². The average molecular weight is 273 g/mol. The van der Waals surface area contributed by atoms with Gasteiger partial charge in [0.15, 0.2) is 0 Å². The fourth-order valence-corrected chi connectivity index (χ4v) is 5.57. The van der Waals surface area contributed by atoms with E-state index in [1.165, 1.54) is 37.8 Å². The smallest absolute Gasteiger partial charge is 0.123 e. The minimum Gasteiger partial charge on any atom is -0.345 e. The van der Waals surface area contributed by atoms with Gasteiger partial charge in [-0.1, -0.05) is 6.92 Å². The van der Waals surface area contributed by atoms with Gasteiger partial charge in [-0.05, 0) is 74.5 Å². The fraction of sp³-hybridized carbons (Fsp3) is 0.824. The molecule has 0 amide bonds. The summed E-state index contributed by atoms with van der Waals surface area (Å²) in [6.45, 7) is 2.15. The van der Waals surface area contributed by atoms with Crippen molar-refractivity contribution in [1.29, 1.82) is 0 Å². The molecule has 110 valence electrons. The predicted octanol–water partition coefficient (Wildman–Crippen LogP) is 3.43. The van der Waals surface area contributed by atoms with Gasteiger partial charge in [0.25, 0.3) is 0 Å². The summed E-state index contributed by atoms with van der Waals surface area (Å²) >= 11 is 0. The third-order valence-electron chi connectivity index (χ3n) is 6.33. The Morgan fingerprint density at radius 3 is 2.40 bits per heavy atom. The van der Waals surface area contributed by atoms with E-state index in [1.807, 2.05) is 6.20 Å². The molecular weight excluding hydrogens is 246 g/mol. The molecule has 3 nitrogen and oxygen atoms in total. The molecule has 20 heavy (non-hydrogen) atoms. The van der Waals surface area contributed by atoms with Gasteiger partial charge in [-0.3, -0.25) is 0 Å². The van der Waals surface area contributed by atoms with Crippen molar-refractivity contribution >= 4 is 0 Å². The SMILES string of the molecule is CCc1cnc(C(N)CC2C3CC4CC(C3)CC2C4)[nH]1. The van der Waals surface area contributed by atoms with Crippen molar-refractivity contribution in [2.24, 2.45) is 35.3 Å². The second-order valence-corrected chi connectivity index (χ2v) is 7.58. The van der Waals surface area contributed by atoms with Gasteiger partial charge in [0, 0.05) is 11.9 Å². The highest BCUT2D eigenvalue weighted by atomic mass is 15.0. The Morgan fingerprint density at radius 2 is 1.85 bits per heavy atom. The molecule has 4 bridgehead atoms. The van der Waals surface area contributed by atoms with E-state index in [0.29, 0.717) is 0 Å². The minimum absolute atomic E-state index is 0.109. The number of H-pyrrole nitrogens is 1. The summed E-state index contributed by atoms with van der Waals surface area (Å²) in [5.74, 6) is 5.93. The Kier molecular flexibility index (Phi) is 3.13. The first-order valence-electron chi connectivity index (χ1n) is 8.52. The van der Waals surface area contributed by atoms with Crippen molar-refractivity contribution in [1.82, 2.24) is 9.97 Å². The summed E-state index contributed by atoms with van der Waals surface area (Å²) in [5, 5.41) is 0. The van der Waals surface area contributed by atoms with E-state index >= 15 is 0 Å². The largest absolute Gasteiger partial charge is 0.345 e. The number of aryl methyl sites for hydroxylation is 1. The Morgan fingerprint density at radius 1 is 1.20 bits per heavy atom. The van der Waals surface area contributed by atoms with Crippen LogP contribution in [0.4, 0.5) is 0 Å². The predicted molar refractivity (Wildman–Crippen MR) is 80.0 cm³/mol. The highest BCUT2D eigenvalue weighted by Gasteiger charge is 2.48. The highest BCUT2D eigenvalue weighted by Crippen LogP contribution is 2.57. The van der Waals surface area contributed by atoms with E-state index in [1.54, 1.807) is 0 Å². The molecule has 0 saturated heterocycles. The number of nitrogens with one attached hydrogen (secondary N) is 1. The van der Waals surface area contributed by atoms with Crippen LogP contribution >= 0.6 is 0 Å². The number of hydrogen-bond donors (Lipinski definition) is 2. The van der Waals surface area contributed by atoms with E-state index in [-0.39, 0.29) is 6.04 Å². The topological polar surface area (TPSA) is 54.7 Å². The van der Waals surface area contributed by atoms with Gasteiger partial charge in [0.1, 0.15) is 5.82 Å². The van der Waals surface area contributed by atoms with Crippen LogP contribution in [0.15, 0.2) is 6.20 Å². The van der Waals surface area contributed by atoms with Crippen LogP contribution in [0.25, 0.3) is 0 Å². The van der Waals surface area contributed by atoms with Crippen LogP contribution in [0.3, 0.4) is 0 Å². The van der Waals surface area contributed by atoms with Crippen molar-refractivity contribution in [2.45, 2.75) is 57.9 Å². The Balaban J connectivity index is 1.46. The van der Waals surface area contributed by atoms with Gasteiger partial charge < -0.3 is 10.7 Å². The van der Waals surface area contributed by atoms with Gasteiger partial charge in [-0.15, -0.1) is 0 Å². The molecule has 4 fully saturated rings. The molecule has 5 rings (SSSR count). The van der Waals surface area contributed by atoms with Crippen LogP contribution in [0.5, 0.6) is 0 Å². The van der Waals surface area contributed by atoms with Crippen molar-refractivity contribution in [3.05, 3.63) is 17.7 Å². The average Bonchev–Trinajstić information content (AvgIpc) is 2.91. The monoisotopic (exact) mass is 273 g/mol. The lowest BCUT2D eigenvalue weighted by atomic mass is 9.51. The first kappa shape index (κ1) is 12.9. The Bertz CT molecular complexity index is 450. The maximum atomic E-state index is 6.45. The summed E-state index contributed by atoms with van der Waals surface area (Å²) in [7, 11) is 0. The van der Waals surface area contributed by atoms with Crippen molar-refractivity contribution in [2.75, 3.05) is 0 Å². The lowest BCUT2D eigenvalue weighted by Gasteiger charge is -2.55. The second-order valence-electron chi connectivity index (χ2n) is 7.58. The second kappa shape index (κ2) is 4.87. The zero-order chi connectivity index (χ0) is 13.7. The number of hydrogen-bond acceptors (Lipinski definition) is 2. The fourth-order valence-electron chi connectivity index (χ4n) is 5.57. The molecule has 1 unspecified atom stereocenters. The van der Waals surface area contributed by atoms with Gasteiger partial charge in [0.05, 0.1) is 6.04 Å². The van der Waals surface area contributed by atoms with Gasteiger partial charge in [0.2, 0.25) is 0 Å². The third-order valence-corrected chi connectivity index (χ3v) is 6.33. The number of nitrogens with two attached hydrogens (primary N) is 1. The molecule has 3 N–H and O–H groups in total. The standard InChI is InChI=1S/C17H27N3/c1-2-14-9-19-17(20-14)16(18)8-15-12-4-10-3-11(6-12)7-13(15)5-10/h9-13,15-16H,2-8,18H2,1H3,(H,19,20). The number of imidazole rings is 1. The van der Waals surface area contributed by atoms with Gasteiger partial charge >= 0.3 is 0 Å². The van der Waals surface area contributed by atoms with E-state index in [2.05, 4.69) is 16.9 Å². The lowest BCUT2D eigenvalue weighted by molar-refractivity contribution is -0.0423. The number of rotatable bonds is 4. The third kappa shape index (κ3) is 2.11. The van der Waals surface area contributed by atoms with Crippen LogP contribution < -0.4 is 5.73 Å². The van der Waals surface area contributed by atoms with Crippen LogP contribution in [0.2, 0.25) is 0 Å². The summed E-state index contributed by atoms with van der Waals surface area (Å²) in [5.41, 5.74) is 7.66. The number of aromatic amines is 1. The van der Waals surface area contributed by atoms with Gasteiger partial charge in [-0.25, -0.2) is 4.98 Å². The normalized spacial score (nSPS) is 40.2. The molecule has 1 atom stereocenters. The first-order chi connectivity index (χ1) is 9.72. The zero-order valence-electron chi connectivity index (χ0n) is 12.5. The molecule has 1 aromatic rings. The highest BCUT2D eigenvalue weighted by molar-refractivity contribution is 5.06. The van der Waals surface area contributed by atoms with Crippen molar-refractivity contribution in [3.63, 3.8) is 0 Å². The minimum atomic E-state index is 0.109. The van der Waals surface area contributed by atoms with E-state index in [0.717, 1.165) is 48.3 Å². The molecule has 1 aromatic heterocycles. The maximum Gasteiger partial charge on any atom is 0.123 e.